The average molecular weight is 296 g/mol. The molecule has 4 N–H and O–H groups in total. The third kappa shape index (κ3) is 4.56. The number of ether oxygens (including phenoxy) is 1. The van der Waals surface area contributed by atoms with E-state index in [1.807, 2.05) is 0 Å². The monoisotopic (exact) mass is 296 g/mol. The molecule has 7 nitrogen and oxygen atoms in total. The molecule has 0 fully saturated rings. The zero-order valence-corrected chi connectivity index (χ0v) is 11.6. The third-order valence-electron chi connectivity index (χ3n) is 2.52. The quantitative estimate of drug-likeness (QED) is 0.644. The molecule has 20 heavy (non-hydrogen) atoms. The highest BCUT2D eigenvalue weighted by molar-refractivity contribution is 7.89. The molecule has 0 aliphatic carbocycles. The lowest BCUT2D eigenvalue weighted by molar-refractivity contribution is 0.340. The van der Waals surface area contributed by atoms with Crippen molar-refractivity contribution in [2.75, 3.05) is 18.1 Å². The van der Waals surface area contributed by atoms with Gasteiger partial charge in [-0.1, -0.05) is 0 Å². The van der Waals surface area contributed by atoms with E-state index in [9.17, 15) is 8.42 Å². The summed E-state index contributed by atoms with van der Waals surface area (Å²) < 4.78 is 31.2. The van der Waals surface area contributed by atoms with Crippen molar-refractivity contribution >= 4 is 15.7 Å². The van der Waals surface area contributed by atoms with Crippen LogP contribution in [0.4, 0.5) is 5.69 Å². The fourth-order valence-electron chi connectivity index (χ4n) is 1.48. The number of nitrogens with two attached hydrogens (primary N) is 1. The first-order chi connectivity index (χ1) is 9.55. The summed E-state index contributed by atoms with van der Waals surface area (Å²) in [4.78, 5) is 6.75. The second kappa shape index (κ2) is 6.40. The van der Waals surface area contributed by atoms with Gasteiger partial charge in [0.1, 0.15) is 18.2 Å². The number of anilines is 1. The second-order valence-corrected chi connectivity index (χ2v) is 6.02. The number of sulfonamides is 1. The van der Waals surface area contributed by atoms with Crippen molar-refractivity contribution in [2.45, 2.75) is 6.54 Å². The van der Waals surface area contributed by atoms with Gasteiger partial charge in [-0.05, 0) is 24.3 Å². The van der Waals surface area contributed by atoms with E-state index in [1.54, 1.807) is 36.7 Å². The summed E-state index contributed by atoms with van der Waals surface area (Å²) in [6.07, 6.45) is 3.20. The van der Waals surface area contributed by atoms with Gasteiger partial charge in [0.25, 0.3) is 0 Å². The third-order valence-corrected chi connectivity index (χ3v) is 3.80. The van der Waals surface area contributed by atoms with Crippen LogP contribution in [0, 0.1) is 0 Å². The summed E-state index contributed by atoms with van der Waals surface area (Å²) in [5, 5.41) is 0. The van der Waals surface area contributed by atoms with E-state index in [4.69, 9.17) is 10.5 Å². The minimum atomic E-state index is -3.40. The highest BCUT2D eigenvalue weighted by Gasteiger charge is 2.10. The van der Waals surface area contributed by atoms with Crippen LogP contribution >= 0.6 is 0 Å². The van der Waals surface area contributed by atoms with Crippen molar-refractivity contribution in [2.24, 2.45) is 0 Å². The Labute approximate surface area is 117 Å². The van der Waals surface area contributed by atoms with Gasteiger partial charge in [-0.25, -0.2) is 18.1 Å². The molecule has 0 saturated carbocycles. The van der Waals surface area contributed by atoms with Gasteiger partial charge in [-0.2, -0.15) is 0 Å². The van der Waals surface area contributed by atoms with Crippen molar-refractivity contribution in [3.63, 3.8) is 0 Å². The molecular weight excluding hydrogens is 280 g/mol. The summed E-state index contributed by atoms with van der Waals surface area (Å²) in [5.41, 5.74) is 6.17. The lowest BCUT2D eigenvalue weighted by atomic mass is 10.3. The van der Waals surface area contributed by atoms with Crippen LogP contribution in [-0.2, 0) is 16.6 Å². The molecule has 0 unspecified atom stereocenters. The Morgan fingerprint density at radius 1 is 1.30 bits per heavy atom. The maximum absolute atomic E-state index is 11.7. The largest absolute Gasteiger partial charge is 0.492 e. The molecule has 2 rings (SSSR count). The van der Waals surface area contributed by atoms with Gasteiger partial charge in [-0.15, -0.1) is 0 Å². The first-order valence-corrected chi connectivity index (χ1v) is 7.64. The molecule has 2 aromatic rings. The minimum Gasteiger partial charge on any atom is -0.492 e. The standard InChI is InChI=1S/C12H16N4O3S/c13-10-1-3-11(4-2-10)19-7-8-20(17,18)16-9-12-14-5-6-15-12/h1-6,16H,7-9,13H2,(H,14,15). The van der Waals surface area contributed by atoms with Crippen molar-refractivity contribution in [3.05, 3.63) is 42.5 Å². The Morgan fingerprint density at radius 3 is 2.70 bits per heavy atom. The van der Waals surface area contributed by atoms with E-state index in [2.05, 4.69) is 14.7 Å². The van der Waals surface area contributed by atoms with Crippen LogP contribution in [0.25, 0.3) is 0 Å². The Kier molecular flexibility index (Phi) is 4.59. The molecule has 0 radical (unpaired) electrons. The van der Waals surface area contributed by atoms with Gasteiger partial charge < -0.3 is 15.5 Å². The van der Waals surface area contributed by atoms with Crippen LogP contribution in [0.5, 0.6) is 5.75 Å². The maximum Gasteiger partial charge on any atom is 0.215 e. The smallest absolute Gasteiger partial charge is 0.215 e. The number of nitrogen functional groups attached to an aromatic ring is 1. The van der Waals surface area contributed by atoms with E-state index in [0.29, 0.717) is 17.3 Å². The van der Waals surface area contributed by atoms with Gasteiger partial charge >= 0.3 is 0 Å². The molecule has 108 valence electrons. The SMILES string of the molecule is Nc1ccc(OCCS(=O)(=O)NCc2ncc[nH]2)cc1. The second-order valence-electron chi connectivity index (χ2n) is 4.09. The van der Waals surface area contributed by atoms with Crippen LogP contribution in [0.2, 0.25) is 0 Å². The molecule has 1 heterocycles. The zero-order valence-electron chi connectivity index (χ0n) is 10.7. The van der Waals surface area contributed by atoms with Crippen molar-refractivity contribution in [1.29, 1.82) is 0 Å². The van der Waals surface area contributed by atoms with E-state index in [1.165, 1.54) is 0 Å². The predicted molar refractivity (Wildman–Crippen MR) is 75.6 cm³/mol. The molecule has 0 aliphatic rings. The fraction of sp³-hybridized carbons (Fsp3) is 0.250. The number of rotatable bonds is 7. The van der Waals surface area contributed by atoms with Crippen LogP contribution < -0.4 is 15.2 Å². The molecule has 0 atom stereocenters. The number of aromatic amines is 1. The molecule has 8 heteroatoms. The normalized spacial score (nSPS) is 11.4. The number of benzene rings is 1. The van der Waals surface area contributed by atoms with E-state index < -0.39 is 10.0 Å². The van der Waals surface area contributed by atoms with Crippen molar-refractivity contribution in [1.82, 2.24) is 14.7 Å². The lowest BCUT2D eigenvalue weighted by Gasteiger charge is -2.08. The summed E-state index contributed by atoms with van der Waals surface area (Å²) in [6, 6.07) is 6.77. The van der Waals surface area contributed by atoms with E-state index >= 15 is 0 Å². The van der Waals surface area contributed by atoms with Gasteiger partial charge in [0.2, 0.25) is 10.0 Å². The molecule has 0 bridgehead atoms. The summed E-state index contributed by atoms with van der Waals surface area (Å²) in [5.74, 6) is 1.02. The lowest BCUT2D eigenvalue weighted by Crippen LogP contribution is -2.29. The Hall–Kier alpha value is -2.06. The maximum atomic E-state index is 11.7. The van der Waals surface area contributed by atoms with Crippen LogP contribution in [-0.4, -0.2) is 30.7 Å². The average Bonchev–Trinajstić information content (AvgIpc) is 2.92. The topological polar surface area (TPSA) is 110 Å². The summed E-state index contributed by atoms with van der Waals surface area (Å²) >= 11 is 0. The number of hydrogen-bond donors (Lipinski definition) is 3. The number of imidazole rings is 1. The molecule has 1 aromatic carbocycles. The predicted octanol–water partition coefficient (Wildman–Crippen LogP) is 0.490. The highest BCUT2D eigenvalue weighted by atomic mass is 32.2. The fourth-order valence-corrected chi connectivity index (χ4v) is 2.28. The van der Waals surface area contributed by atoms with Gasteiger partial charge in [-0.3, -0.25) is 0 Å². The Bertz CT molecular complexity index is 623. The highest BCUT2D eigenvalue weighted by Crippen LogP contribution is 2.12. The van der Waals surface area contributed by atoms with Crippen molar-refractivity contribution < 1.29 is 13.2 Å². The number of nitrogens with one attached hydrogen (secondary N) is 2. The molecule has 1 aromatic heterocycles. The number of aromatic nitrogens is 2. The number of nitrogens with zero attached hydrogens (tertiary/aromatic N) is 1. The molecule has 0 amide bonds. The van der Waals surface area contributed by atoms with Gasteiger partial charge in [0.15, 0.2) is 0 Å². The minimum absolute atomic E-state index is 0.0669. The number of H-pyrrole nitrogens is 1. The molecule has 0 spiro atoms. The molecule has 0 aliphatic heterocycles. The van der Waals surface area contributed by atoms with Crippen LogP contribution in [0.1, 0.15) is 5.82 Å². The molecule has 0 saturated heterocycles. The van der Waals surface area contributed by atoms with Crippen LogP contribution in [0.3, 0.4) is 0 Å². The summed E-state index contributed by atoms with van der Waals surface area (Å²) in [7, 11) is -3.40. The Balaban J connectivity index is 1.76. The van der Waals surface area contributed by atoms with Crippen molar-refractivity contribution in [3.8, 4) is 5.75 Å². The van der Waals surface area contributed by atoms with Crippen LogP contribution in [0.15, 0.2) is 36.7 Å². The van der Waals surface area contributed by atoms with E-state index in [-0.39, 0.29) is 18.9 Å². The van der Waals surface area contributed by atoms with Gasteiger partial charge in [0, 0.05) is 18.1 Å². The van der Waals surface area contributed by atoms with Gasteiger partial charge in [0.05, 0.1) is 12.3 Å². The number of hydrogen-bond acceptors (Lipinski definition) is 5. The zero-order chi connectivity index (χ0) is 14.4. The summed E-state index contributed by atoms with van der Waals surface area (Å²) in [6.45, 7) is 0.203. The first-order valence-electron chi connectivity index (χ1n) is 5.99. The molecular formula is C12H16N4O3S. The Morgan fingerprint density at radius 2 is 2.05 bits per heavy atom. The van der Waals surface area contributed by atoms with E-state index in [0.717, 1.165) is 0 Å². The first kappa shape index (κ1) is 14.4.